The molecule has 0 radical (unpaired) electrons. The highest BCUT2D eigenvalue weighted by Crippen LogP contribution is 2.19. The number of hydrogen-bond donors (Lipinski definition) is 1. The Morgan fingerprint density at radius 1 is 1.21 bits per heavy atom. The minimum atomic E-state index is -0.0739. The largest absolute Gasteiger partial charge is 0.379 e. The smallest absolute Gasteiger partial charge is 0.244 e. The summed E-state index contributed by atoms with van der Waals surface area (Å²) in [6.07, 6.45) is 3.48. The van der Waals surface area contributed by atoms with E-state index in [9.17, 15) is 4.79 Å². The maximum Gasteiger partial charge on any atom is 0.244 e. The molecule has 0 spiro atoms. The number of hydrogen-bond acceptors (Lipinski definition) is 4. The molecule has 1 aliphatic rings. The molecular weight excluding hydrogens is 364 g/mol. The van der Waals surface area contributed by atoms with Gasteiger partial charge in [-0.25, -0.2) is 4.68 Å². The molecule has 1 saturated heterocycles. The number of rotatable bonds is 7. The third kappa shape index (κ3) is 5.34. The number of aromatic nitrogens is 2. The zero-order valence-electron chi connectivity index (χ0n) is 17.9. The van der Waals surface area contributed by atoms with Crippen LogP contribution in [0.2, 0.25) is 0 Å². The number of ether oxygens (including phenoxy) is 1. The Bertz CT molecular complexity index is 836. The van der Waals surface area contributed by atoms with Crippen molar-refractivity contribution in [3.8, 4) is 5.69 Å². The molecule has 1 unspecified atom stereocenters. The molecule has 6 nitrogen and oxygen atoms in total. The van der Waals surface area contributed by atoms with Crippen molar-refractivity contribution in [1.82, 2.24) is 20.0 Å². The summed E-state index contributed by atoms with van der Waals surface area (Å²) in [4.78, 5) is 14.9. The summed E-state index contributed by atoms with van der Waals surface area (Å²) in [5.41, 5.74) is 3.93. The molecule has 2 heterocycles. The van der Waals surface area contributed by atoms with Gasteiger partial charge in [-0.2, -0.15) is 5.10 Å². The van der Waals surface area contributed by atoms with Crippen molar-refractivity contribution in [1.29, 1.82) is 0 Å². The molecule has 0 aliphatic carbocycles. The van der Waals surface area contributed by atoms with Gasteiger partial charge in [0.25, 0.3) is 0 Å². The summed E-state index contributed by atoms with van der Waals surface area (Å²) in [6.45, 7) is 12.4. The zero-order chi connectivity index (χ0) is 20.8. The fourth-order valence-electron chi connectivity index (χ4n) is 3.84. The highest BCUT2D eigenvalue weighted by molar-refractivity contribution is 5.92. The summed E-state index contributed by atoms with van der Waals surface area (Å²) in [5, 5.41) is 7.71. The van der Waals surface area contributed by atoms with Gasteiger partial charge in [0.15, 0.2) is 0 Å². The van der Waals surface area contributed by atoms with Gasteiger partial charge in [-0.1, -0.05) is 32.0 Å². The third-order valence-electron chi connectivity index (χ3n) is 5.52. The molecule has 0 bridgehead atoms. The zero-order valence-corrected chi connectivity index (χ0v) is 17.9. The van der Waals surface area contributed by atoms with Crippen LogP contribution in [0.25, 0.3) is 11.8 Å². The minimum Gasteiger partial charge on any atom is -0.379 e. The van der Waals surface area contributed by atoms with Crippen LogP contribution in [0.5, 0.6) is 0 Å². The first-order valence-electron chi connectivity index (χ1n) is 10.4. The van der Waals surface area contributed by atoms with Crippen LogP contribution < -0.4 is 5.32 Å². The molecule has 1 atom stereocenters. The Balaban J connectivity index is 1.64. The number of para-hydroxylation sites is 1. The van der Waals surface area contributed by atoms with Gasteiger partial charge in [0.05, 0.1) is 24.6 Å². The maximum absolute atomic E-state index is 12.5. The van der Waals surface area contributed by atoms with E-state index in [0.717, 1.165) is 48.9 Å². The van der Waals surface area contributed by atoms with E-state index in [1.807, 2.05) is 54.9 Å². The van der Waals surface area contributed by atoms with Crippen molar-refractivity contribution in [3.05, 3.63) is 53.4 Å². The highest BCUT2D eigenvalue weighted by Gasteiger charge is 2.23. The summed E-state index contributed by atoms with van der Waals surface area (Å²) < 4.78 is 7.37. The Morgan fingerprint density at radius 2 is 1.90 bits per heavy atom. The first kappa shape index (κ1) is 21.3. The lowest BCUT2D eigenvalue weighted by Crippen LogP contribution is -2.51. The molecule has 1 aromatic heterocycles. The first-order valence-corrected chi connectivity index (χ1v) is 10.4. The number of carbonyl (C=O) groups is 1. The van der Waals surface area contributed by atoms with Crippen molar-refractivity contribution in [2.24, 2.45) is 5.92 Å². The lowest BCUT2D eigenvalue weighted by atomic mass is 10.0. The molecule has 156 valence electrons. The van der Waals surface area contributed by atoms with E-state index in [4.69, 9.17) is 4.74 Å². The Labute approximate surface area is 173 Å². The van der Waals surface area contributed by atoms with Gasteiger partial charge in [0, 0.05) is 43.0 Å². The van der Waals surface area contributed by atoms with Crippen molar-refractivity contribution in [2.45, 2.75) is 33.7 Å². The minimum absolute atomic E-state index is 0.0739. The van der Waals surface area contributed by atoms with Gasteiger partial charge in [-0.15, -0.1) is 0 Å². The van der Waals surface area contributed by atoms with Crippen LogP contribution in [0.3, 0.4) is 0 Å². The molecule has 6 heteroatoms. The highest BCUT2D eigenvalue weighted by atomic mass is 16.5. The number of amides is 1. The van der Waals surface area contributed by atoms with Crippen LogP contribution in [0.4, 0.5) is 0 Å². The number of aryl methyl sites for hydroxylation is 1. The SMILES string of the molecule is Cc1nn(-c2ccccc2)c(C)c1/C=C/C(=O)NCC(C(C)C)N1CCOCC1. The molecule has 2 aromatic rings. The monoisotopic (exact) mass is 396 g/mol. The van der Waals surface area contributed by atoms with Gasteiger partial charge in [-0.3, -0.25) is 9.69 Å². The van der Waals surface area contributed by atoms with E-state index in [1.165, 1.54) is 0 Å². The van der Waals surface area contributed by atoms with Crippen molar-refractivity contribution in [3.63, 3.8) is 0 Å². The second kappa shape index (κ2) is 9.85. The predicted molar refractivity (Wildman–Crippen MR) is 116 cm³/mol. The number of nitrogens with zero attached hydrogens (tertiary/aromatic N) is 3. The number of carbonyl (C=O) groups excluding carboxylic acids is 1. The first-order chi connectivity index (χ1) is 14.0. The van der Waals surface area contributed by atoms with Crippen LogP contribution in [0.15, 0.2) is 36.4 Å². The van der Waals surface area contributed by atoms with Crippen LogP contribution in [0, 0.1) is 19.8 Å². The van der Waals surface area contributed by atoms with Crippen molar-refractivity contribution in [2.75, 3.05) is 32.8 Å². The summed E-state index contributed by atoms with van der Waals surface area (Å²) in [6, 6.07) is 10.3. The van der Waals surface area contributed by atoms with Crippen LogP contribution in [0.1, 0.15) is 30.8 Å². The summed E-state index contributed by atoms with van der Waals surface area (Å²) in [7, 11) is 0. The van der Waals surface area contributed by atoms with Crippen molar-refractivity contribution < 1.29 is 9.53 Å². The number of benzene rings is 1. The van der Waals surface area contributed by atoms with Crippen LogP contribution in [-0.2, 0) is 9.53 Å². The van der Waals surface area contributed by atoms with Crippen molar-refractivity contribution >= 4 is 12.0 Å². The van der Waals surface area contributed by atoms with E-state index in [2.05, 4.69) is 29.2 Å². The topological polar surface area (TPSA) is 59.4 Å². The average Bonchev–Trinajstić information content (AvgIpc) is 3.01. The van der Waals surface area contributed by atoms with E-state index in [0.29, 0.717) is 18.5 Å². The van der Waals surface area contributed by atoms with Gasteiger partial charge in [-0.05, 0) is 38.0 Å². The van der Waals surface area contributed by atoms with E-state index in [-0.39, 0.29) is 5.91 Å². The molecule has 29 heavy (non-hydrogen) atoms. The average molecular weight is 397 g/mol. The molecule has 0 saturated carbocycles. The Hall–Kier alpha value is -2.44. The summed E-state index contributed by atoms with van der Waals surface area (Å²) >= 11 is 0. The van der Waals surface area contributed by atoms with E-state index >= 15 is 0 Å². The maximum atomic E-state index is 12.5. The normalized spacial score (nSPS) is 16.4. The molecule has 1 fully saturated rings. The number of morpholine rings is 1. The molecule has 1 N–H and O–H groups in total. The number of nitrogens with one attached hydrogen (secondary N) is 1. The van der Waals surface area contributed by atoms with Gasteiger partial charge < -0.3 is 10.1 Å². The fraction of sp³-hybridized carbons (Fsp3) is 0.478. The Morgan fingerprint density at radius 3 is 2.55 bits per heavy atom. The second-order valence-electron chi connectivity index (χ2n) is 7.87. The molecule has 3 rings (SSSR count). The molecule has 1 amide bonds. The lowest BCUT2D eigenvalue weighted by molar-refractivity contribution is -0.116. The lowest BCUT2D eigenvalue weighted by Gasteiger charge is -2.36. The second-order valence-corrected chi connectivity index (χ2v) is 7.87. The third-order valence-corrected chi connectivity index (χ3v) is 5.52. The standard InChI is InChI=1S/C23H32N4O2/c1-17(2)22(26-12-14-29-15-13-26)16-24-23(28)11-10-21-18(3)25-27(19(21)4)20-8-6-5-7-9-20/h5-11,17,22H,12-16H2,1-4H3,(H,24,28)/b11-10+. The van der Waals surface area contributed by atoms with Gasteiger partial charge in [0.1, 0.15) is 0 Å². The Kier molecular flexibility index (Phi) is 7.23. The van der Waals surface area contributed by atoms with Gasteiger partial charge in [0.2, 0.25) is 5.91 Å². The molecule has 1 aliphatic heterocycles. The molecular formula is C23H32N4O2. The van der Waals surface area contributed by atoms with Crippen LogP contribution >= 0.6 is 0 Å². The van der Waals surface area contributed by atoms with Crippen LogP contribution in [-0.4, -0.2) is 59.5 Å². The van der Waals surface area contributed by atoms with E-state index in [1.54, 1.807) is 6.08 Å². The predicted octanol–water partition coefficient (Wildman–Crippen LogP) is 2.98. The fourth-order valence-corrected chi connectivity index (χ4v) is 3.84. The van der Waals surface area contributed by atoms with E-state index < -0.39 is 0 Å². The molecule has 1 aromatic carbocycles. The van der Waals surface area contributed by atoms with Gasteiger partial charge >= 0.3 is 0 Å². The summed E-state index contributed by atoms with van der Waals surface area (Å²) in [5.74, 6) is 0.390. The quantitative estimate of drug-likeness (QED) is 0.731.